The fourth-order valence-corrected chi connectivity index (χ4v) is 3.44. The maximum Gasteiger partial charge on any atom is 0.240 e. The van der Waals surface area contributed by atoms with E-state index in [-0.39, 0.29) is 5.91 Å². The Morgan fingerprint density at radius 1 is 1.17 bits per heavy atom. The maximum absolute atomic E-state index is 12.6. The molecule has 0 spiro atoms. The third-order valence-corrected chi connectivity index (χ3v) is 4.84. The van der Waals surface area contributed by atoms with Crippen molar-refractivity contribution in [1.29, 1.82) is 0 Å². The van der Waals surface area contributed by atoms with E-state index in [2.05, 4.69) is 17.4 Å². The Balaban J connectivity index is 1.82. The lowest BCUT2D eigenvalue weighted by Gasteiger charge is -2.32. The van der Waals surface area contributed by atoms with Gasteiger partial charge in [-0.15, -0.1) is 0 Å². The number of rotatable bonds is 4. The maximum atomic E-state index is 12.6. The van der Waals surface area contributed by atoms with E-state index in [1.54, 1.807) is 7.11 Å². The number of nitrogens with one attached hydrogen (secondary N) is 1. The first-order valence-corrected chi connectivity index (χ1v) is 8.26. The van der Waals surface area contributed by atoms with Gasteiger partial charge >= 0.3 is 0 Å². The predicted octanol–water partition coefficient (Wildman–Crippen LogP) is 3.13. The summed E-state index contributed by atoms with van der Waals surface area (Å²) in [5, 5.41) is 5.27. The van der Waals surface area contributed by atoms with Crippen LogP contribution in [0.5, 0.6) is 5.75 Å². The third-order valence-electron chi connectivity index (χ3n) is 4.84. The van der Waals surface area contributed by atoms with Crippen molar-refractivity contribution in [2.45, 2.75) is 44.2 Å². The van der Waals surface area contributed by atoms with E-state index in [1.165, 1.54) is 6.42 Å². The Kier molecular flexibility index (Phi) is 4.53. The second-order valence-electron chi connectivity index (χ2n) is 6.37. The SMILES string of the molecule is COc1ccc2ccccc2c1CNC(=O)C1(N)CCCCC1. The molecule has 1 amide bonds. The molecule has 4 nitrogen and oxygen atoms in total. The molecular weight excluding hydrogens is 288 g/mol. The topological polar surface area (TPSA) is 64.3 Å². The smallest absolute Gasteiger partial charge is 0.240 e. The van der Waals surface area contributed by atoms with E-state index < -0.39 is 5.54 Å². The molecule has 0 aromatic heterocycles. The summed E-state index contributed by atoms with van der Waals surface area (Å²) >= 11 is 0. The summed E-state index contributed by atoms with van der Waals surface area (Å²) in [6.45, 7) is 0.433. The van der Waals surface area contributed by atoms with Gasteiger partial charge in [-0.3, -0.25) is 4.79 Å². The van der Waals surface area contributed by atoms with Gasteiger partial charge in [-0.2, -0.15) is 0 Å². The number of amides is 1. The van der Waals surface area contributed by atoms with Crippen molar-refractivity contribution >= 4 is 16.7 Å². The Morgan fingerprint density at radius 2 is 1.91 bits per heavy atom. The summed E-state index contributed by atoms with van der Waals surface area (Å²) in [6.07, 6.45) is 4.77. The van der Waals surface area contributed by atoms with Crippen LogP contribution in [0.1, 0.15) is 37.7 Å². The third kappa shape index (κ3) is 3.17. The van der Waals surface area contributed by atoms with Crippen LogP contribution in [-0.4, -0.2) is 18.6 Å². The van der Waals surface area contributed by atoms with Crippen molar-refractivity contribution in [2.75, 3.05) is 7.11 Å². The molecule has 4 heteroatoms. The highest BCUT2D eigenvalue weighted by atomic mass is 16.5. The Labute approximate surface area is 137 Å². The van der Waals surface area contributed by atoms with Gasteiger partial charge in [0.05, 0.1) is 12.6 Å². The highest BCUT2D eigenvalue weighted by molar-refractivity contribution is 5.89. The predicted molar refractivity (Wildman–Crippen MR) is 92.4 cm³/mol. The number of hydrogen-bond donors (Lipinski definition) is 2. The largest absolute Gasteiger partial charge is 0.496 e. The molecule has 0 heterocycles. The van der Waals surface area contributed by atoms with Crippen LogP contribution in [0, 0.1) is 0 Å². The van der Waals surface area contributed by atoms with Crippen molar-refractivity contribution in [3.05, 3.63) is 42.0 Å². The van der Waals surface area contributed by atoms with Crippen molar-refractivity contribution in [2.24, 2.45) is 5.73 Å². The molecule has 0 saturated heterocycles. The Morgan fingerprint density at radius 3 is 2.65 bits per heavy atom. The van der Waals surface area contributed by atoms with Gasteiger partial charge in [-0.25, -0.2) is 0 Å². The quantitative estimate of drug-likeness (QED) is 0.911. The summed E-state index contributed by atoms with van der Waals surface area (Å²) in [5.74, 6) is 0.742. The minimum atomic E-state index is -0.712. The first-order valence-electron chi connectivity index (χ1n) is 8.26. The molecule has 1 fully saturated rings. The van der Waals surface area contributed by atoms with Crippen molar-refractivity contribution in [1.82, 2.24) is 5.32 Å². The zero-order valence-electron chi connectivity index (χ0n) is 13.6. The second-order valence-corrected chi connectivity index (χ2v) is 6.37. The van der Waals surface area contributed by atoms with E-state index in [9.17, 15) is 4.79 Å². The van der Waals surface area contributed by atoms with Crippen LogP contribution in [0.3, 0.4) is 0 Å². The van der Waals surface area contributed by atoms with Gasteiger partial charge in [0.1, 0.15) is 5.75 Å². The van der Waals surface area contributed by atoms with E-state index >= 15 is 0 Å². The normalized spacial score (nSPS) is 17.0. The first kappa shape index (κ1) is 15.8. The lowest BCUT2D eigenvalue weighted by molar-refractivity contribution is -0.127. The van der Waals surface area contributed by atoms with Crippen LogP contribution in [0.15, 0.2) is 36.4 Å². The van der Waals surface area contributed by atoms with Gasteiger partial charge < -0.3 is 15.8 Å². The molecule has 1 aliphatic rings. The summed E-state index contributed by atoms with van der Waals surface area (Å²) in [6, 6.07) is 12.1. The number of hydrogen-bond acceptors (Lipinski definition) is 3. The van der Waals surface area contributed by atoms with E-state index in [0.29, 0.717) is 6.54 Å². The standard InChI is InChI=1S/C19H24N2O2/c1-23-17-10-9-14-7-3-4-8-15(14)16(17)13-21-18(22)19(20)11-5-2-6-12-19/h3-4,7-10H,2,5-6,11-13,20H2,1H3,(H,21,22). The Hall–Kier alpha value is -2.07. The molecule has 0 aliphatic heterocycles. The summed E-state index contributed by atoms with van der Waals surface area (Å²) in [4.78, 5) is 12.6. The first-order chi connectivity index (χ1) is 11.1. The molecule has 3 N–H and O–H groups in total. The highest BCUT2D eigenvalue weighted by Gasteiger charge is 2.35. The molecule has 23 heavy (non-hydrogen) atoms. The number of fused-ring (bicyclic) bond motifs is 1. The van der Waals surface area contributed by atoms with Gasteiger partial charge in [0.15, 0.2) is 0 Å². The Bertz CT molecular complexity index is 706. The number of carbonyl (C=O) groups excluding carboxylic acids is 1. The van der Waals surface area contributed by atoms with Gasteiger partial charge in [-0.1, -0.05) is 49.6 Å². The molecule has 1 aliphatic carbocycles. The lowest BCUT2D eigenvalue weighted by Crippen LogP contribution is -2.54. The van der Waals surface area contributed by atoms with Crippen LogP contribution in [-0.2, 0) is 11.3 Å². The molecule has 1 saturated carbocycles. The van der Waals surface area contributed by atoms with Crippen LogP contribution < -0.4 is 15.8 Å². The highest BCUT2D eigenvalue weighted by Crippen LogP contribution is 2.29. The zero-order chi connectivity index (χ0) is 16.3. The van der Waals surface area contributed by atoms with Crippen LogP contribution >= 0.6 is 0 Å². The summed E-state index contributed by atoms with van der Waals surface area (Å²) < 4.78 is 5.47. The minimum absolute atomic E-state index is 0.0489. The molecule has 2 aromatic rings. The summed E-state index contributed by atoms with van der Waals surface area (Å²) in [5.41, 5.74) is 6.59. The van der Waals surface area contributed by atoms with Crippen molar-refractivity contribution in [3.63, 3.8) is 0 Å². The average molecular weight is 312 g/mol. The number of nitrogens with two attached hydrogens (primary N) is 1. The molecular formula is C19H24N2O2. The van der Waals surface area contributed by atoms with Crippen molar-refractivity contribution < 1.29 is 9.53 Å². The summed E-state index contributed by atoms with van der Waals surface area (Å²) in [7, 11) is 1.65. The van der Waals surface area contributed by atoms with Crippen molar-refractivity contribution in [3.8, 4) is 5.75 Å². The monoisotopic (exact) mass is 312 g/mol. The molecule has 0 unspecified atom stereocenters. The number of carbonyl (C=O) groups is 1. The van der Waals surface area contributed by atoms with E-state index in [1.807, 2.05) is 24.3 Å². The van der Waals surface area contributed by atoms with Crippen LogP contribution in [0.25, 0.3) is 10.8 Å². The van der Waals surface area contributed by atoms with Gasteiger partial charge in [0, 0.05) is 12.1 Å². The molecule has 0 bridgehead atoms. The molecule has 3 rings (SSSR count). The molecule has 122 valence electrons. The number of methoxy groups -OCH3 is 1. The van der Waals surface area contributed by atoms with Gasteiger partial charge in [0.25, 0.3) is 0 Å². The zero-order valence-corrected chi connectivity index (χ0v) is 13.6. The fraction of sp³-hybridized carbons (Fsp3) is 0.421. The molecule has 2 aromatic carbocycles. The van der Waals surface area contributed by atoms with Crippen LogP contribution in [0.2, 0.25) is 0 Å². The lowest BCUT2D eigenvalue weighted by atomic mass is 9.82. The molecule has 0 radical (unpaired) electrons. The fourth-order valence-electron chi connectivity index (χ4n) is 3.44. The van der Waals surface area contributed by atoms with Gasteiger partial charge in [-0.05, 0) is 29.7 Å². The minimum Gasteiger partial charge on any atom is -0.496 e. The number of ether oxygens (including phenoxy) is 1. The van der Waals surface area contributed by atoms with Gasteiger partial charge in [0.2, 0.25) is 5.91 Å². The second kappa shape index (κ2) is 6.59. The van der Waals surface area contributed by atoms with Crippen LogP contribution in [0.4, 0.5) is 0 Å². The van der Waals surface area contributed by atoms with E-state index in [4.69, 9.17) is 10.5 Å². The molecule has 0 atom stereocenters. The number of benzene rings is 2. The average Bonchev–Trinajstić information content (AvgIpc) is 2.59. The van der Waals surface area contributed by atoms with E-state index in [0.717, 1.165) is 47.8 Å².